The van der Waals surface area contributed by atoms with Crippen LogP contribution in [-0.2, 0) is 0 Å². The van der Waals surface area contributed by atoms with Crippen molar-refractivity contribution in [2.24, 2.45) is 0 Å². The second-order valence-corrected chi connectivity index (χ2v) is 6.24. The van der Waals surface area contributed by atoms with Crippen LogP contribution in [0.4, 0.5) is 5.69 Å². The molecule has 0 radical (unpaired) electrons. The van der Waals surface area contributed by atoms with Crippen molar-refractivity contribution in [1.29, 1.82) is 0 Å². The van der Waals surface area contributed by atoms with Gasteiger partial charge in [-0.2, -0.15) is 5.10 Å². The number of nitrogens with two attached hydrogens (primary N) is 1. The first-order chi connectivity index (χ1) is 10.0. The summed E-state index contributed by atoms with van der Waals surface area (Å²) in [7, 11) is 0. The molecule has 0 aliphatic heterocycles. The summed E-state index contributed by atoms with van der Waals surface area (Å²) in [4.78, 5) is 0. The van der Waals surface area contributed by atoms with Crippen LogP contribution in [0.25, 0.3) is 16.9 Å². The molecule has 0 aliphatic rings. The summed E-state index contributed by atoms with van der Waals surface area (Å²) >= 11 is 15.5. The van der Waals surface area contributed by atoms with Crippen molar-refractivity contribution in [2.45, 2.75) is 0 Å². The fourth-order valence-corrected chi connectivity index (χ4v) is 2.89. The van der Waals surface area contributed by atoms with Gasteiger partial charge in [0.2, 0.25) is 0 Å². The lowest BCUT2D eigenvalue weighted by Crippen LogP contribution is -1.94. The molecule has 0 unspecified atom stereocenters. The Kier molecular flexibility index (Phi) is 3.93. The normalized spacial score (nSPS) is 10.8. The zero-order valence-electron chi connectivity index (χ0n) is 10.7. The van der Waals surface area contributed by atoms with Crippen molar-refractivity contribution >= 4 is 44.8 Å². The van der Waals surface area contributed by atoms with Gasteiger partial charge in [0.15, 0.2) is 0 Å². The molecule has 0 saturated carbocycles. The maximum atomic E-state index is 6.26. The average molecular weight is 383 g/mol. The van der Waals surface area contributed by atoms with Crippen LogP contribution in [0.2, 0.25) is 10.0 Å². The van der Waals surface area contributed by atoms with Crippen LogP contribution in [0.3, 0.4) is 0 Å². The molecule has 3 nitrogen and oxygen atoms in total. The molecule has 0 spiro atoms. The van der Waals surface area contributed by atoms with Crippen molar-refractivity contribution in [3.05, 3.63) is 63.2 Å². The maximum Gasteiger partial charge on any atom is 0.117 e. The summed E-state index contributed by atoms with van der Waals surface area (Å²) in [5.74, 6) is 0. The van der Waals surface area contributed by atoms with Crippen LogP contribution in [0, 0.1) is 0 Å². The van der Waals surface area contributed by atoms with E-state index in [2.05, 4.69) is 21.0 Å². The van der Waals surface area contributed by atoms with Crippen LogP contribution in [0.1, 0.15) is 0 Å². The molecule has 1 heterocycles. The molecule has 0 amide bonds. The van der Waals surface area contributed by atoms with E-state index in [4.69, 9.17) is 28.9 Å². The van der Waals surface area contributed by atoms with Crippen molar-refractivity contribution in [2.75, 3.05) is 5.73 Å². The lowest BCUT2D eigenvalue weighted by molar-refractivity contribution is 0.884. The molecule has 0 fully saturated rings. The van der Waals surface area contributed by atoms with Crippen LogP contribution in [0.5, 0.6) is 0 Å². The zero-order valence-corrected chi connectivity index (χ0v) is 13.8. The van der Waals surface area contributed by atoms with E-state index in [-0.39, 0.29) is 0 Å². The minimum atomic E-state index is 0.564. The molecule has 0 saturated heterocycles. The summed E-state index contributed by atoms with van der Waals surface area (Å²) in [5, 5.41) is 5.79. The predicted molar refractivity (Wildman–Crippen MR) is 91.1 cm³/mol. The van der Waals surface area contributed by atoms with Crippen molar-refractivity contribution in [1.82, 2.24) is 9.78 Å². The largest absolute Gasteiger partial charge is 0.396 e. The molecule has 21 heavy (non-hydrogen) atoms. The molecule has 0 atom stereocenters. The summed E-state index contributed by atoms with van der Waals surface area (Å²) in [6, 6.07) is 13.0. The lowest BCUT2D eigenvalue weighted by Gasteiger charge is -2.03. The molecule has 1 aromatic heterocycles. The molecule has 3 rings (SSSR count). The third kappa shape index (κ3) is 2.93. The number of hydrogen-bond acceptors (Lipinski definition) is 2. The standard InChI is InChI=1S/C15H10BrCl2N3/c16-9-1-6-12(13(18)7-9)15-14(19)8-21(20-15)11-4-2-10(17)3-5-11/h1-8H,19H2. The van der Waals surface area contributed by atoms with Gasteiger partial charge in [-0.25, -0.2) is 4.68 Å². The van der Waals surface area contributed by atoms with Gasteiger partial charge in [0, 0.05) is 15.1 Å². The highest BCUT2D eigenvalue weighted by atomic mass is 79.9. The minimum Gasteiger partial charge on any atom is -0.396 e. The van der Waals surface area contributed by atoms with Gasteiger partial charge in [-0.15, -0.1) is 0 Å². The molecule has 0 aliphatic carbocycles. The van der Waals surface area contributed by atoms with Gasteiger partial charge in [0.1, 0.15) is 5.69 Å². The van der Waals surface area contributed by atoms with Gasteiger partial charge in [0.25, 0.3) is 0 Å². The highest BCUT2D eigenvalue weighted by Gasteiger charge is 2.13. The van der Waals surface area contributed by atoms with Crippen molar-refractivity contribution < 1.29 is 0 Å². The van der Waals surface area contributed by atoms with E-state index < -0.39 is 0 Å². The number of nitrogen functional groups attached to an aromatic ring is 1. The van der Waals surface area contributed by atoms with Crippen LogP contribution >= 0.6 is 39.1 Å². The fourth-order valence-electron chi connectivity index (χ4n) is 2.00. The molecule has 2 N–H and O–H groups in total. The highest BCUT2D eigenvalue weighted by Crippen LogP contribution is 2.33. The second kappa shape index (κ2) is 5.72. The number of nitrogens with zero attached hydrogens (tertiary/aromatic N) is 2. The Morgan fingerprint density at radius 3 is 2.43 bits per heavy atom. The monoisotopic (exact) mass is 381 g/mol. The first-order valence-corrected chi connectivity index (χ1v) is 7.66. The van der Waals surface area contributed by atoms with Gasteiger partial charge in [-0.3, -0.25) is 0 Å². The number of aromatic nitrogens is 2. The van der Waals surface area contributed by atoms with E-state index in [1.54, 1.807) is 23.0 Å². The Morgan fingerprint density at radius 2 is 1.76 bits per heavy atom. The predicted octanol–water partition coefficient (Wildman–Crippen LogP) is 5.19. The Labute approximate surface area is 140 Å². The van der Waals surface area contributed by atoms with Crippen molar-refractivity contribution in [3.63, 3.8) is 0 Å². The van der Waals surface area contributed by atoms with Crippen LogP contribution in [0.15, 0.2) is 53.1 Å². The average Bonchev–Trinajstić information content (AvgIpc) is 2.81. The first kappa shape index (κ1) is 14.4. The lowest BCUT2D eigenvalue weighted by atomic mass is 10.1. The molecule has 106 valence electrons. The summed E-state index contributed by atoms with van der Waals surface area (Å²) in [6.07, 6.45) is 1.76. The SMILES string of the molecule is Nc1cn(-c2ccc(Cl)cc2)nc1-c1ccc(Br)cc1Cl. The van der Waals surface area contributed by atoms with E-state index in [0.29, 0.717) is 21.4 Å². The number of halogens is 3. The van der Waals surface area contributed by atoms with Gasteiger partial charge in [-0.05, 0) is 36.4 Å². The Balaban J connectivity index is 2.07. The highest BCUT2D eigenvalue weighted by molar-refractivity contribution is 9.10. The summed E-state index contributed by atoms with van der Waals surface area (Å²) in [6.45, 7) is 0. The second-order valence-electron chi connectivity index (χ2n) is 4.48. The Bertz CT molecular complexity index is 797. The Hall–Kier alpha value is -1.49. The van der Waals surface area contributed by atoms with Gasteiger partial charge in [0.05, 0.1) is 22.6 Å². The van der Waals surface area contributed by atoms with Crippen LogP contribution < -0.4 is 5.73 Å². The van der Waals surface area contributed by atoms with Crippen LogP contribution in [-0.4, -0.2) is 9.78 Å². The summed E-state index contributed by atoms with van der Waals surface area (Å²) in [5.41, 5.74) is 8.96. The zero-order chi connectivity index (χ0) is 15.0. The van der Waals surface area contributed by atoms with E-state index in [0.717, 1.165) is 15.7 Å². The van der Waals surface area contributed by atoms with E-state index in [9.17, 15) is 0 Å². The summed E-state index contributed by atoms with van der Waals surface area (Å²) < 4.78 is 2.62. The topological polar surface area (TPSA) is 43.8 Å². The van der Waals surface area contributed by atoms with Gasteiger partial charge in [-0.1, -0.05) is 45.2 Å². The third-order valence-corrected chi connectivity index (χ3v) is 4.08. The van der Waals surface area contributed by atoms with Gasteiger partial charge >= 0.3 is 0 Å². The molecule has 6 heteroatoms. The van der Waals surface area contributed by atoms with E-state index in [1.165, 1.54) is 0 Å². The van der Waals surface area contributed by atoms with Crippen molar-refractivity contribution in [3.8, 4) is 16.9 Å². The number of anilines is 1. The third-order valence-electron chi connectivity index (χ3n) is 3.02. The van der Waals surface area contributed by atoms with Gasteiger partial charge < -0.3 is 5.73 Å². The molecule has 0 bridgehead atoms. The molecular weight excluding hydrogens is 373 g/mol. The smallest absolute Gasteiger partial charge is 0.117 e. The quantitative estimate of drug-likeness (QED) is 0.662. The van der Waals surface area contributed by atoms with E-state index in [1.807, 2.05) is 30.3 Å². The molecule has 2 aromatic carbocycles. The number of rotatable bonds is 2. The fraction of sp³-hybridized carbons (Fsp3) is 0. The maximum absolute atomic E-state index is 6.26. The molecule has 3 aromatic rings. The molecular formula is C15H10BrCl2N3. The number of hydrogen-bond donors (Lipinski definition) is 1. The first-order valence-electron chi connectivity index (χ1n) is 6.11. The van der Waals surface area contributed by atoms with E-state index >= 15 is 0 Å². The Morgan fingerprint density at radius 1 is 1.05 bits per heavy atom. The minimum absolute atomic E-state index is 0.564. The number of benzene rings is 2.